The Balaban J connectivity index is 1.32. The Labute approximate surface area is 396 Å². The van der Waals surface area contributed by atoms with Crippen LogP contribution in [0.2, 0.25) is 0 Å². The molecule has 3 aliphatic carbocycles. The number of halogens is 1. The summed E-state index contributed by atoms with van der Waals surface area (Å²) in [6, 6.07) is 27.8. The zero-order chi connectivity index (χ0) is 46.8. The normalized spacial score (nSPS) is 23.7. The third-order valence-corrected chi connectivity index (χ3v) is 14.8. The summed E-state index contributed by atoms with van der Waals surface area (Å²) in [7, 11) is 0. The van der Waals surface area contributed by atoms with E-state index in [1.165, 1.54) is 30.5 Å². The highest BCUT2D eigenvalue weighted by atomic mass is 19.1. The first-order valence-corrected chi connectivity index (χ1v) is 24.7. The number of hydrogen-bond acceptors (Lipinski definition) is 8. The molecule has 0 aromatic heterocycles. The first-order valence-electron chi connectivity index (χ1n) is 24.7. The average molecular weight is 913 g/mol. The fourth-order valence-corrected chi connectivity index (χ4v) is 11.3. The number of ether oxygens (including phenoxy) is 3. The largest absolute Gasteiger partial charge is 0.459 e. The second-order valence-electron chi connectivity index (χ2n) is 19.2. The molecule has 0 spiro atoms. The number of carbonyl (C=O) groups is 1. The SMILES string of the molecule is C=CCOC12Oc3ccc(Oc4ccc(C)c(C)c4)cc3C3C(CCCCO)C(CCCCO)C=C(C(=NOCc4ccccc4)CC1N(Cc1ccc(F)cc1)C(=O)CCC1CCCC1)C32. The van der Waals surface area contributed by atoms with Crippen molar-refractivity contribution in [1.82, 2.24) is 4.90 Å². The van der Waals surface area contributed by atoms with Crippen molar-refractivity contribution in [3.8, 4) is 17.2 Å². The predicted octanol–water partition coefficient (Wildman–Crippen LogP) is 12.1. The molecule has 1 amide bonds. The molecule has 0 saturated heterocycles. The highest BCUT2D eigenvalue weighted by Gasteiger charge is 2.65. The summed E-state index contributed by atoms with van der Waals surface area (Å²) in [5.74, 6) is 0.253. The molecular weight excluding hydrogens is 844 g/mol. The van der Waals surface area contributed by atoms with Gasteiger partial charge in [0, 0.05) is 44.1 Å². The summed E-state index contributed by atoms with van der Waals surface area (Å²) < 4.78 is 35.9. The Morgan fingerprint density at radius 3 is 2.34 bits per heavy atom. The Morgan fingerprint density at radius 1 is 0.881 bits per heavy atom. The number of oxime groups is 1. The number of fused-ring (bicyclic) bond motifs is 2. The summed E-state index contributed by atoms with van der Waals surface area (Å²) in [6.07, 6.45) is 14.8. The van der Waals surface area contributed by atoms with E-state index in [-0.39, 0.29) is 68.9 Å². The van der Waals surface area contributed by atoms with Crippen molar-refractivity contribution in [1.29, 1.82) is 0 Å². The molecule has 8 rings (SSSR count). The molecule has 0 bridgehead atoms. The summed E-state index contributed by atoms with van der Waals surface area (Å²) >= 11 is 0. The maximum atomic E-state index is 15.2. The van der Waals surface area contributed by atoms with Gasteiger partial charge in [-0.2, -0.15) is 0 Å². The molecule has 2 fully saturated rings. The first kappa shape index (κ1) is 48.2. The highest BCUT2D eigenvalue weighted by Crippen LogP contribution is 2.62. The highest BCUT2D eigenvalue weighted by molar-refractivity contribution is 6.03. The van der Waals surface area contributed by atoms with Gasteiger partial charge in [0.05, 0.1) is 18.2 Å². The van der Waals surface area contributed by atoms with Crippen molar-refractivity contribution in [2.24, 2.45) is 28.8 Å². The number of rotatable bonds is 22. The quantitative estimate of drug-likeness (QED) is 0.0459. The van der Waals surface area contributed by atoms with Crippen LogP contribution in [-0.2, 0) is 27.5 Å². The lowest BCUT2D eigenvalue weighted by molar-refractivity contribution is -0.258. The van der Waals surface area contributed by atoms with Crippen molar-refractivity contribution < 1.29 is 38.4 Å². The van der Waals surface area contributed by atoms with E-state index in [0.29, 0.717) is 36.7 Å². The number of allylic oxidation sites excluding steroid dienone is 1. The van der Waals surface area contributed by atoms with Crippen LogP contribution in [0.5, 0.6) is 17.2 Å². The van der Waals surface area contributed by atoms with Crippen LogP contribution >= 0.6 is 0 Å². The van der Waals surface area contributed by atoms with E-state index in [1.807, 2.05) is 53.4 Å². The van der Waals surface area contributed by atoms with Crippen LogP contribution in [0.4, 0.5) is 4.39 Å². The van der Waals surface area contributed by atoms with Gasteiger partial charge in [0.1, 0.15) is 35.7 Å². The molecule has 1 aliphatic heterocycles. The predicted molar refractivity (Wildman–Crippen MR) is 260 cm³/mol. The molecule has 2 N–H and O–H groups in total. The van der Waals surface area contributed by atoms with E-state index in [1.54, 1.807) is 18.2 Å². The number of aliphatic hydroxyl groups excluding tert-OH is 2. The standard InChI is InChI=1S/C57H69FN2O7/c1-4-32-64-57-53(60(37-42-21-24-45(58)25-22-42)54(63)29-23-41-14-8-9-15-41)36-51(59-65-38-43-16-6-5-7-17-43)49-34-44(18-10-12-30-61)48(19-11-13-31-62)55(56(49)57)50-35-47(27-28-52(50)67-57)66-46-26-20-39(2)40(3)33-46/h4-7,16-17,20-22,24-28,33-35,41,44,48,53,55-56,61-62H,1,8-15,18-19,23,29-32,36-38H2,2-3H3. The fourth-order valence-electron chi connectivity index (χ4n) is 11.3. The van der Waals surface area contributed by atoms with Crippen molar-refractivity contribution in [2.45, 2.75) is 128 Å². The van der Waals surface area contributed by atoms with E-state index >= 15 is 4.79 Å². The third-order valence-electron chi connectivity index (χ3n) is 14.8. The van der Waals surface area contributed by atoms with Gasteiger partial charge in [-0.25, -0.2) is 4.39 Å². The molecule has 4 aliphatic rings. The smallest absolute Gasteiger partial charge is 0.239 e. The maximum absolute atomic E-state index is 15.2. The zero-order valence-corrected chi connectivity index (χ0v) is 39.4. The van der Waals surface area contributed by atoms with Gasteiger partial charge in [-0.05, 0) is 134 Å². The lowest BCUT2D eigenvalue weighted by Crippen LogP contribution is -2.70. The van der Waals surface area contributed by atoms with Crippen molar-refractivity contribution in [3.63, 3.8) is 0 Å². The second kappa shape index (κ2) is 22.7. The van der Waals surface area contributed by atoms with Gasteiger partial charge < -0.3 is 34.2 Å². The number of carbonyl (C=O) groups excluding carboxylic acids is 1. The minimum absolute atomic E-state index is 0.0138. The minimum atomic E-state index is -1.42. The number of nitrogens with zero attached hydrogens (tertiary/aromatic N) is 2. The minimum Gasteiger partial charge on any atom is -0.459 e. The Hall–Kier alpha value is -5.29. The van der Waals surface area contributed by atoms with Gasteiger partial charge in [0.2, 0.25) is 11.7 Å². The Morgan fingerprint density at radius 2 is 1.61 bits per heavy atom. The van der Waals surface area contributed by atoms with Crippen LogP contribution < -0.4 is 9.47 Å². The van der Waals surface area contributed by atoms with E-state index in [2.05, 4.69) is 44.7 Å². The monoisotopic (exact) mass is 913 g/mol. The van der Waals surface area contributed by atoms with Gasteiger partial charge in [-0.15, -0.1) is 6.58 Å². The average Bonchev–Trinajstić information content (AvgIpc) is 3.87. The van der Waals surface area contributed by atoms with Crippen molar-refractivity contribution in [3.05, 3.63) is 149 Å². The van der Waals surface area contributed by atoms with Gasteiger partial charge >= 0.3 is 0 Å². The van der Waals surface area contributed by atoms with Crippen molar-refractivity contribution >= 4 is 11.6 Å². The van der Waals surface area contributed by atoms with Gasteiger partial charge in [0.25, 0.3) is 0 Å². The van der Waals surface area contributed by atoms with Crippen molar-refractivity contribution in [2.75, 3.05) is 19.8 Å². The van der Waals surface area contributed by atoms with Gasteiger partial charge in [-0.1, -0.05) is 104 Å². The zero-order valence-electron chi connectivity index (χ0n) is 39.4. The van der Waals surface area contributed by atoms with Crippen LogP contribution in [0.25, 0.3) is 0 Å². The summed E-state index contributed by atoms with van der Waals surface area (Å²) in [6.45, 7) is 9.10. The summed E-state index contributed by atoms with van der Waals surface area (Å²) in [4.78, 5) is 23.5. The van der Waals surface area contributed by atoms with Crippen LogP contribution in [-0.4, -0.2) is 58.4 Å². The van der Waals surface area contributed by atoms with Gasteiger partial charge in [0.15, 0.2) is 0 Å². The summed E-state index contributed by atoms with van der Waals surface area (Å²) in [5, 5.41) is 25.1. The van der Waals surface area contributed by atoms with E-state index in [0.717, 1.165) is 84.2 Å². The lowest BCUT2D eigenvalue weighted by atomic mass is 9.55. The third kappa shape index (κ3) is 11.2. The summed E-state index contributed by atoms with van der Waals surface area (Å²) in [5.41, 5.74) is 6.79. The van der Waals surface area contributed by atoms with E-state index < -0.39 is 17.7 Å². The molecule has 6 unspecified atom stereocenters. The number of unbranched alkanes of at least 4 members (excludes halogenated alkanes) is 2. The first-order chi connectivity index (χ1) is 32.7. The molecule has 6 atom stereocenters. The van der Waals surface area contributed by atoms with Gasteiger partial charge in [-0.3, -0.25) is 4.79 Å². The number of benzene rings is 4. The Kier molecular flexibility index (Phi) is 16.3. The maximum Gasteiger partial charge on any atom is 0.239 e. The van der Waals surface area contributed by atoms with Crippen LogP contribution in [0.15, 0.2) is 120 Å². The number of aryl methyl sites for hydroxylation is 2. The van der Waals surface area contributed by atoms with Crippen LogP contribution in [0, 0.1) is 43.3 Å². The molecule has 4 aromatic carbocycles. The van der Waals surface area contributed by atoms with E-state index in [9.17, 15) is 14.6 Å². The molecule has 356 valence electrons. The fraction of sp³-hybridized carbons (Fsp3) is 0.474. The molecule has 4 aromatic rings. The Bertz CT molecular complexity index is 2340. The second-order valence-corrected chi connectivity index (χ2v) is 19.2. The van der Waals surface area contributed by atoms with E-state index in [4.69, 9.17) is 24.2 Å². The molecule has 1 heterocycles. The molecule has 9 nitrogen and oxygen atoms in total. The number of hydrogen-bond donors (Lipinski definition) is 2. The number of aliphatic hydroxyl groups is 2. The van der Waals surface area contributed by atoms with Crippen LogP contribution in [0.3, 0.4) is 0 Å². The molecular formula is C57H69FN2O7. The number of amides is 1. The molecule has 10 heteroatoms. The molecule has 0 radical (unpaired) electrons. The lowest BCUT2D eigenvalue weighted by Gasteiger charge is -2.60. The van der Waals surface area contributed by atoms with Crippen LogP contribution in [0.1, 0.15) is 117 Å². The molecule has 2 saturated carbocycles. The molecule has 67 heavy (non-hydrogen) atoms. The topological polar surface area (TPSA) is 110 Å².